The first-order chi connectivity index (χ1) is 20.0. The fourth-order valence-electron chi connectivity index (χ4n) is 5.04. The van der Waals surface area contributed by atoms with E-state index in [9.17, 15) is 9.59 Å². The van der Waals surface area contributed by atoms with Gasteiger partial charge in [0.25, 0.3) is 11.8 Å². The van der Waals surface area contributed by atoms with E-state index in [2.05, 4.69) is 26.7 Å². The van der Waals surface area contributed by atoms with E-state index in [0.717, 1.165) is 37.9 Å². The van der Waals surface area contributed by atoms with Crippen molar-refractivity contribution in [2.45, 2.75) is 38.6 Å². The number of likely N-dealkylation sites (tertiary alicyclic amines) is 1. The second-order valence-corrected chi connectivity index (χ2v) is 10.3. The molecule has 1 aliphatic rings. The number of aromatic nitrogens is 3. The quantitative estimate of drug-likeness (QED) is 0.277. The number of rotatable bonds is 9. The number of piperidine rings is 1. The molecule has 208 valence electrons. The van der Waals surface area contributed by atoms with Crippen molar-refractivity contribution in [2.75, 3.05) is 30.3 Å². The largest absolute Gasteiger partial charge is 0.370 e. The molecule has 41 heavy (non-hydrogen) atoms. The van der Waals surface area contributed by atoms with Crippen LogP contribution in [0.3, 0.4) is 0 Å². The molecule has 0 spiro atoms. The van der Waals surface area contributed by atoms with Gasteiger partial charge >= 0.3 is 0 Å². The molecular weight excluding hydrogens is 514 g/mol. The summed E-state index contributed by atoms with van der Waals surface area (Å²) in [5.74, 6) is 0.764. The topological polar surface area (TPSA) is 116 Å². The Hall–Kier alpha value is -4.97. The normalized spacial score (nSPS) is 13.4. The fourth-order valence-corrected chi connectivity index (χ4v) is 5.04. The van der Waals surface area contributed by atoms with Crippen LogP contribution in [0.5, 0.6) is 0 Å². The Morgan fingerprint density at radius 1 is 1.05 bits per heavy atom. The van der Waals surface area contributed by atoms with Crippen LogP contribution in [0.15, 0.2) is 79.5 Å². The molecule has 0 saturated carbocycles. The molecule has 5 rings (SSSR count). The van der Waals surface area contributed by atoms with Gasteiger partial charge in [0.2, 0.25) is 0 Å². The molecule has 2 amide bonds. The molecule has 2 aromatic carbocycles. The number of carbonyl (C=O) groups is 2. The molecule has 0 atom stereocenters. The lowest BCUT2D eigenvalue weighted by Gasteiger charge is -2.32. The van der Waals surface area contributed by atoms with Crippen LogP contribution in [-0.4, -0.2) is 50.9 Å². The first-order valence-electron chi connectivity index (χ1n) is 13.9. The van der Waals surface area contributed by atoms with Gasteiger partial charge in [-0.2, -0.15) is 5.26 Å². The number of nitriles is 1. The summed E-state index contributed by atoms with van der Waals surface area (Å²) in [6.07, 6.45) is 9.70. The smallest absolute Gasteiger partial charge is 0.257 e. The molecule has 0 unspecified atom stereocenters. The summed E-state index contributed by atoms with van der Waals surface area (Å²) < 4.78 is 2.02. The molecule has 3 heterocycles. The van der Waals surface area contributed by atoms with Crippen LogP contribution in [-0.2, 0) is 6.54 Å². The zero-order valence-corrected chi connectivity index (χ0v) is 23.1. The van der Waals surface area contributed by atoms with E-state index in [1.807, 2.05) is 59.0 Å². The molecule has 1 fully saturated rings. The van der Waals surface area contributed by atoms with Crippen LogP contribution < -0.4 is 10.6 Å². The Morgan fingerprint density at radius 3 is 2.51 bits per heavy atom. The number of pyridine rings is 1. The number of nitrogens with one attached hydrogen (secondary N) is 2. The number of carbonyl (C=O) groups excluding carboxylic acids is 2. The van der Waals surface area contributed by atoms with Crippen molar-refractivity contribution >= 4 is 23.3 Å². The fraction of sp³-hybridized carbons (Fsp3) is 0.281. The number of aryl methyl sites for hydroxylation is 2. The van der Waals surface area contributed by atoms with E-state index in [-0.39, 0.29) is 11.8 Å². The van der Waals surface area contributed by atoms with Crippen LogP contribution in [0.25, 0.3) is 0 Å². The van der Waals surface area contributed by atoms with Crippen molar-refractivity contribution in [1.29, 1.82) is 5.26 Å². The summed E-state index contributed by atoms with van der Waals surface area (Å²) in [6.45, 7) is 4.85. The highest BCUT2D eigenvalue weighted by Crippen LogP contribution is 2.29. The van der Waals surface area contributed by atoms with E-state index in [4.69, 9.17) is 5.26 Å². The van der Waals surface area contributed by atoms with Crippen LogP contribution in [0.4, 0.5) is 11.5 Å². The van der Waals surface area contributed by atoms with Crippen LogP contribution in [0.2, 0.25) is 0 Å². The first-order valence-corrected chi connectivity index (χ1v) is 13.9. The van der Waals surface area contributed by atoms with E-state index in [1.165, 1.54) is 5.56 Å². The standard InChI is InChI=1S/C32H33N7O2/c1-23-3-6-27(32(41)39-16-11-26(12-17-39)25-7-4-24(20-33)5-8-25)19-29(23)37-31(40)28-9-10-30(36-21-28)35-13-2-15-38-18-14-34-22-38/h3-10,14,18-19,21-22,26H,2,11-13,15-17H2,1H3,(H,35,36)(H,37,40). The zero-order chi connectivity index (χ0) is 28.6. The summed E-state index contributed by atoms with van der Waals surface area (Å²) >= 11 is 0. The van der Waals surface area contributed by atoms with Crippen molar-refractivity contribution in [3.05, 3.63) is 107 Å². The molecule has 1 aliphatic heterocycles. The summed E-state index contributed by atoms with van der Waals surface area (Å²) in [7, 11) is 0. The van der Waals surface area contributed by atoms with Gasteiger partial charge in [-0.3, -0.25) is 9.59 Å². The van der Waals surface area contributed by atoms with E-state index < -0.39 is 0 Å². The van der Waals surface area contributed by atoms with Crippen LogP contribution in [0.1, 0.15) is 62.6 Å². The summed E-state index contributed by atoms with van der Waals surface area (Å²) in [5, 5.41) is 15.2. The number of anilines is 2. The van der Waals surface area contributed by atoms with Gasteiger partial charge in [0, 0.05) is 56.0 Å². The number of nitrogens with zero attached hydrogens (tertiary/aromatic N) is 5. The van der Waals surface area contributed by atoms with E-state index >= 15 is 0 Å². The lowest BCUT2D eigenvalue weighted by atomic mass is 9.89. The Kier molecular flexibility index (Phi) is 8.70. The molecule has 2 N–H and O–H groups in total. The highest BCUT2D eigenvalue weighted by atomic mass is 16.2. The van der Waals surface area contributed by atoms with Gasteiger partial charge in [0.05, 0.1) is 23.5 Å². The predicted molar refractivity (Wildman–Crippen MR) is 158 cm³/mol. The molecule has 1 saturated heterocycles. The monoisotopic (exact) mass is 547 g/mol. The summed E-state index contributed by atoms with van der Waals surface area (Å²) in [5.41, 5.74) is 4.34. The maximum Gasteiger partial charge on any atom is 0.257 e. The van der Waals surface area contributed by atoms with Gasteiger partial charge in [-0.15, -0.1) is 0 Å². The Bertz CT molecular complexity index is 1520. The number of imidazole rings is 1. The summed E-state index contributed by atoms with van der Waals surface area (Å²) in [6, 6.07) is 18.8. The van der Waals surface area contributed by atoms with Gasteiger partial charge in [-0.05, 0) is 79.6 Å². The SMILES string of the molecule is Cc1ccc(C(=O)N2CCC(c3ccc(C#N)cc3)CC2)cc1NC(=O)c1ccc(NCCCn2ccnc2)nc1. The van der Waals surface area contributed by atoms with Gasteiger partial charge in [0.1, 0.15) is 5.82 Å². The molecule has 9 nitrogen and oxygen atoms in total. The van der Waals surface area contributed by atoms with Gasteiger partial charge in [-0.1, -0.05) is 18.2 Å². The lowest BCUT2D eigenvalue weighted by molar-refractivity contribution is 0.0712. The summed E-state index contributed by atoms with van der Waals surface area (Å²) in [4.78, 5) is 36.6. The molecule has 2 aromatic heterocycles. The molecule has 0 bridgehead atoms. The van der Waals surface area contributed by atoms with Gasteiger partial charge < -0.3 is 20.1 Å². The molecular formula is C32H33N7O2. The van der Waals surface area contributed by atoms with Crippen molar-refractivity contribution in [3.8, 4) is 6.07 Å². The van der Waals surface area contributed by atoms with Crippen LogP contribution in [0, 0.1) is 18.3 Å². The van der Waals surface area contributed by atoms with E-state index in [0.29, 0.717) is 47.2 Å². The van der Waals surface area contributed by atoms with Crippen molar-refractivity contribution in [3.63, 3.8) is 0 Å². The van der Waals surface area contributed by atoms with Gasteiger partial charge in [-0.25, -0.2) is 9.97 Å². The second-order valence-electron chi connectivity index (χ2n) is 10.3. The number of hydrogen-bond acceptors (Lipinski definition) is 6. The second kappa shape index (κ2) is 12.9. The average molecular weight is 548 g/mol. The average Bonchev–Trinajstić information content (AvgIpc) is 3.54. The Balaban J connectivity index is 1.14. The van der Waals surface area contributed by atoms with Crippen molar-refractivity contribution in [1.82, 2.24) is 19.4 Å². The maximum absolute atomic E-state index is 13.3. The Morgan fingerprint density at radius 2 is 1.83 bits per heavy atom. The highest BCUT2D eigenvalue weighted by Gasteiger charge is 2.25. The number of benzene rings is 2. The minimum absolute atomic E-state index is 0.0380. The third-order valence-electron chi connectivity index (χ3n) is 7.51. The maximum atomic E-state index is 13.3. The molecule has 9 heteroatoms. The van der Waals surface area contributed by atoms with Crippen LogP contribution >= 0.6 is 0 Å². The number of amides is 2. The molecule has 0 radical (unpaired) electrons. The number of hydrogen-bond donors (Lipinski definition) is 2. The Labute approximate surface area is 239 Å². The van der Waals surface area contributed by atoms with Gasteiger partial charge in [0.15, 0.2) is 0 Å². The third kappa shape index (κ3) is 6.97. The minimum atomic E-state index is -0.278. The first kappa shape index (κ1) is 27.6. The van der Waals surface area contributed by atoms with Crippen molar-refractivity contribution in [2.24, 2.45) is 0 Å². The van der Waals surface area contributed by atoms with Crippen molar-refractivity contribution < 1.29 is 9.59 Å². The lowest BCUT2D eigenvalue weighted by Crippen LogP contribution is -2.38. The molecule has 0 aliphatic carbocycles. The highest BCUT2D eigenvalue weighted by molar-refractivity contribution is 6.05. The minimum Gasteiger partial charge on any atom is -0.370 e. The zero-order valence-electron chi connectivity index (χ0n) is 23.1. The third-order valence-corrected chi connectivity index (χ3v) is 7.51. The van der Waals surface area contributed by atoms with E-state index in [1.54, 1.807) is 36.9 Å². The predicted octanol–water partition coefficient (Wildman–Crippen LogP) is 5.23. The molecule has 4 aromatic rings.